The molecule has 0 saturated carbocycles. The monoisotopic (exact) mass is 357 g/mol. The molecule has 0 aliphatic rings. The molecule has 0 aliphatic carbocycles. The first-order chi connectivity index (χ1) is 10.9. The first kappa shape index (κ1) is 17.8. The largest absolute Gasteiger partial charge is 0.458 e. The maximum atomic E-state index is 13.5. The molecular formula is C14H5F8O2. The van der Waals surface area contributed by atoms with Crippen LogP contribution in [0.1, 0.15) is 5.56 Å². The van der Waals surface area contributed by atoms with Crippen molar-refractivity contribution in [3.8, 4) is 17.2 Å². The highest BCUT2D eigenvalue weighted by Crippen LogP contribution is 2.51. The van der Waals surface area contributed by atoms with Gasteiger partial charge < -0.3 is 4.74 Å². The number of hydrogen-bond acceptors (Lipinski definition) is 1. The van der Waals surface area contributed by atoms with E-state index < -0.39 is 52.4 Å². The third kappa shape index (κ3) is 3.08. The summed E-state index contributed by atoms with van der Waals surface area (Å²) in [5, 5.41) is 11.4. The number of rotatable bonds is 3. The van der Waals surface area contributed by atoms with Gasteiger partial charge >= 0.3 is 12.1 Å². The summed E-state index contributed by atoms with van der Waals surface area (Å²) in [7, 11) is 0. The number of halogens is 8. The fourth-order valence-electron chi connectivity index (χ4n) is 1.77. The molecule has 2 aromatic rings. The van der Waals surface area contributed by atoms with Gasteiger partial charge in [0.05, 0.1) is 0 Å². The van der Waals surface area contributed by atoms with Gasteiger partial charge in [0.25, 0.3) is 0 Å². The van der Waals surface area contributed by atoms with Crippen LogP contribution in [0.25, 0.3) is 0 Å². The Hall–Kier alpha value is -2.52. The summed E-state index contributed by atoms with van der Waals surface area (Å²) in [5.74, 6) is -15.0. The van der Waals surface area contributed by atoms with Gasteiger partial charge in [0.2, 0.25) is 5.82 Å². The molecule has 0 amide bonds. The number of benzene rings is 2. The van der Waals surface area contributed by atoms with Crippen molar-refractivity contribution in [3.63, 3.8) is 0 Å². The van der Waals surface area contributed by atoms with Gasteiger partial charge in [-0.25, -0.2) is 8.78 Å². The number of ether oxygens (including phenoxy) is 1. The lowest BCUT2D eigenvalue weighted by atomic mass is 10.1. The van der Waals surface area contributed by atoms with Crippen LogP contribution in [0.5, 0.6) is 17.2 Å². The summed E-state index contributed by atoms with van der Waals surface area (Å²) in [6, 6.07) is 2.02. The molecule has 129 valence electrons. The second kappa shape index (κ2) is 5.84. The van der Waals surface area contributed by atoms with Crippen LogP contribution in [-0.2, 0) is 11.0 Å². The first-order valence-corrected chi connectivity index (χ1v) is 6.02. The molecular weight excluding hydrogens is 352 g/mol. The average Bonchev–Trinajstić information content (AvgIpc) is 2.42. The zero-order chi connectivity index (χ0) is 18.3. The Morgan fingerprint density at radius 2 is 1.50 bits per heavy atom. The van der Waals surface area contributed by atoms with Crippen LogP contribution in [0.3, 0.4) is 0 Å². The van der Waals surface area contributed by atoms with Gasteiger partial charge in [-0.3, -0.25) is 5.11 Å². The topological polar surface area (TPSA) is 29.1 Å². The Morgan fingerprint density at radius 3 is 2.08 bits per heavy atom. The van der Waals surface area contributed by atoms with Crippen molar-refractivity contribution in [2.75, 3.05) is 0 Å². The van der Waals surface area contributed by atoms with Gasteiger partial charge in [0, 0.05) is 12.1 Å². The smallest absolute Gasteiger partial charge is 0.453 e. The maximum absolute atomic E-state index is 13.5. The molecule has 0 unspecified atom stereocenters. The van der Waals surface area contributed by atoms with Gasteiger partial charge in [-0.2, -0.15) is 26.3 Å². The predicted molar refractivity (Wildman–Crippen MR) is 62.9 cm³/mol. The molecule has 24 heavy (non-hydrogen) atoms. The van der Waals surface area contributed by atoms with Gasteiger partial charge in [0.15, 0.2) is 17.3 Å². The third-order valence-electron chi connectivity index (χ3n) is 2.84. The van der Waals surface area contributed by atoms with E-state index in [-0.39, 0.29) is 12.1 Å². The van der Waals surface area contributed by atoms with Crippen LogP contribution >= 0.6 is 0 Å². The lowest BCUT2D eigenvalue weighted by molar-refractivity contribution is -0.290. The fraction of sp³-hybridized carbons (Fsp3) is 0.143. The molecule has 0 aromatic heterocycles. The van der Waals surface area contributed by atoms with Crippen molar-refractivity contribution in [1.29, 1.82) is 0 Å². The van der Waals surface area contributed by atoms with Crippen molar-refractivity contribution in [2.24, 2.45) is 0 Å². The highest BCUT2D eigenvalue weighted by Gasteiger charge is 2.61. The summed E-state index contributed by atoms with van der Waals surface area (Å²) in [4.78, 5) is 0. The Bertz CT molecular complexity index is 770. The molecule has 2 nitrogen and oxygen atoms in total. The molecule has 10 heteroatoms. The SMILES string of the molecule is [O]c1cccc(Oc2cc(F)cc(F)c2F)c1C(F)(F)C(F)(F)F. The molecule has 0 heterocycles. The highest BCUT2D eigenvalue weighted by atomic mass is 19.4. The van der Waals surface area contributed by atoms with E-state index >= 15 is 0 Å². The van der Waals surface area contributed by atoms with Crippen LogP contribution in [-0.4, -0.2) is 6.18 Å². The van der Waals surface area contributed by atoms with Crippen LogP contribution in [0.4, 0.5) is 35.1 Å². The Morgan fingerprint density at radius 1 is 0.875 bits per heavy atom. The highest BCUT2D eigenvalue weighted by molar-refractivity contribution is 5.49. The standard InChI is InChI=1S/C14H5F8O2/c15-6-4-7(16)12(17)10(5-6)24-9-3-1-2-8(23)11(9)13(18,19)14(20,21)22/h1-5H. The van der Waals surface area contributed by atoms with Crippen molar-refractivity contribution < 1.29 is 45.0 Å². The lowest BCUT2D eigenvalue weighted by Crippen LogP contribution is -2.34. The second-order valence-electron chi connectivity index (χ2n) is 4.50. The quantitative estimate of drug-likeness (QED) is 0.512. The summed E-state index contributed by atoms with van der Waals surface area (Å²) in [6.07, 6.45) is -6.14. The molecule has 0 saturated heterocycles. The Balaban J connectivity index is 2.60. The molecule has 0 atom stereocenters. The van der Waals surface area contributed by atoms with E-state index in [0.717, 1.165) is 6.07 Å². The van der Waals surface area contributed by atoms with Crippen molar-refractivity contribution in [1.82, 2.24) is 0 Å². The van der Waals surface area contributed by atoms with E-state index in [4.69, 9.17) is 0 Å². The molecule has 1 radical (unpaired) electrons. The fourth-order valence-corrected chi connectivity index (χ4v) is 1.77. The van der Waals surface area contributed by atoms with Gasteiger partial charge in [0.1, 0.15) is 17.1 Å². The summed E-state index contributed by atoms with van der Waals surface area (Å²) in [5.41, 5.74) is -2.12. The zero-order valence-electron chi connectivity index (χ0n) is 11.2. The predicted octanol–water partition coefficient (Wildman–Crippen LogP) is 5.69. The molecule has 2 aromatic carbocycles. The van der Waals surface area contributed by atoms with Crippen LogP contribution in [0.15, 0.2) is 30.3 Å². The van der Waals surface area contributed by atoms with Gasteiger partial charge in [-0.15, -0.1) is 0 Å². The van der Waals surface area contributed by atoms with E-state index in [1.54, 1.807) is 0 Å². The maximum Gasteiger partial charge on any atom is 0.458 e. The summed E-state index contributed by atoms with van der Waals surface area (Å²) in [6.45, 7) is 0. The lowest BCUT2D eigenvalue weighted by Gasteiger charge is -2.22. The molecule has 0 bridgehead atoms. The third-order valence-corrected chi connectivity index (χ3v) is 2.84. The molecule has 0 aliphatic heterocycles. The van der Waals surface area contributed by atoms with Crippen molar-refractivity contribution in [2.45, 2.75) is 12.1 Å². The summed E-state index contributed by atoms with van der Waals surface area (Å²) >= 11 is 0. The number of alkyl halides is 5. The zero-order valence-corrected chi connectivity index (χ0v) is 11.2. The van der Waals surface area contributed by atoms with E-state index in [9.17, 15) is 40.2 Å². The molecule has 0 fully saturated rings. The molecule has 0 spiro atoms. The van der Waals surface area contributed by atoms with Crippen molar-refractivity contribution >= 4 is 0 Å². The normalized spacial score (nSPS) is 12.3. The average molecular weight is 357 g/mol. The summed E-state index contributed by atoms with van der Waals surface area (Å²) < 4.78 is 108. The second-order valence-corrected chi connectivity index (χ2v) is 4.50. The van der Waals surface area contributed by atoms with Crippen LogP contribution in [0.2, 0.25) is 0 Å². The van der Waals surface area contributed by atoms with Crippen LogP contribution in [0, 0.1) is 17.5 Å². The Labute approximate surface area is 128 Å². The number of hydrogen-bond donors (Lipinski definition) is 0. The van der Waals surface area contributed by atoms with E-state index in [0.29, 0.717) is 12.1 Å². The molecule has 2 rings (SSSR count). The minimum Gasteiger partial charge on any atom is -0.453 e. The van der Waals surface area contributed by atoms with Crippen LogP contribution < -0.4 is 4.74 Å². The Kier molecular flexibility index (Phi) is 4.34. The first-order valence-electron chi connectivity index (χ1n) is 6.02. The van der Waals surface area contributed by atoms with E-state index in [1.807, 2.05) is 0 Å². The minimum absolute atomic E-state index is 0.109. The van der Waals surface area contributed by atoms with E-state index in [2.05, 4.69) is 4.74 Å². The molecule has 0 N–H and O–H groups in total. The van der Waals surface area contributed by atoms with Gasteiger partial charge in [-0.1, -0.05) is 6.07 Å². The minimum atomic E-state index is -6.14. The van der Waals surface area contributed by atoms with Gasteiger partial charge in [-0.05, 0) is 12.1 Å². The van der Waals surface area contributed by atoms with Crippen molar-refractivity contribution in [3.05, 3.63) is 53.3 Å². The van der Waals surface area contributed by atoms with E-state index in [1.165, 1.54) is 0 Å².